The van der Waals surface area contributed by atoms with Gasteiger partial charge in [0.15, 0.2) is 17.3 Å². The average molecular weight is 571 g/mol. The average Bonchev–Trinajstić information content (AvgIpc) is 3.75. The van der Waals surface area contributed by atoms with Crippen LogP contribution in [0.15, 0.2) is 85.5 Å². The van der Waals surface area contributed by atoms with E-state index in [-0.39, 0.29) is 18.1 Å². The number of nitrogens with one attached hydrogen (secondary N) is 3. The fourth-order valence-corrected chi connectivity index (χ4v) is 5.72. The van der Waals surface area contributed by atoms with Gasteiger partial charge in [0.1, 0.15) is 5.69 Å². The SMILES string of the molecule is CC(=O)c1ccc(-c2ccnc3nc(-c4n[nH]c5cnc(-c6cncc(NC(=O)Cc7ccccc7)c6)cc45)[nH]c23)s1. The fourth-order valence-electron chi connectivity index (χ4n) is 4.79. The maximum Gasteiger partial charge on any atom is 0.228 e. The summed E-state index contributed by atoms with van der Waals surface area (Å²) >= 11 is 1.44. The summed E-state index contributed by atoms with van der Waals surface area (Å²) in [4.78, 5) is 47.6. The van der Waals surface area contributed by atoms with E-state index in [2.05, 4.69) is 35.5 Å². The number of rotatable bonds is 7. The van der Waals surface area contributed by atoms with Gasteiger partial charge in [0, 0.05) is 33.8 Å². The maximum absolute atomic E-state index is 12.6. The van der Waals surface area contributed by atoms with Gasteiger partial charge < -0.3 is 10.3 Å². The van der Waals surface area contributed by atoms with E-state index in [1.165, 1.54) is 11.3 Å². The summed E-state index contributed by atoms with van der Waals surface area (Å²) in [7, 11) is 0. The number of benzene rings is 1. The first-order chi connectivity index (χ1) is 20.5. The molecule has 0 aliphatic heterocycles. The second kappa shape index (κ2) is 10.5. The summed E-state index contributed by atoms with van der Waals surface area (Å²) in [6.45, 7) is 1.56. The quantitative estimate of drug-likeness (QED) is 0.197. The molecular formula is C31H22N8O2S. The van der Waals surface area contributed by atoms with Crippen LogP contribution in [0, 0.1) is 0 Å². The molecule has 11 heteroatoms. The Bertz CT molecular complexity index is 2110. The minimum absolute atomic E-state index is 0.0320. The molecule has 0 saturated heterocycles. The Morgan fingerprint density at radius 3 is 2.69 bits per heavy atom. The van der Waals surface area contributed by atoms with E-state index in [9.17, 15) is 9.59 Å². The van der Waals surface area contributed by atoms with E-state index < -0.39 is 0 Å². The number of imidazole rings is 1. The molecule has 0 atom stereocenters. The molecule has 0 fully saturated rings. The van der Waals surface area contributed by atoms with E-state index in [4.69, 9.17) is 4.98 Å². The lowest BCUT2D eigenvalue weighted by atomic mass is 10.1. The lowest BCUT2D eigenvalue weighted by Gasteiger charge is -2.07. The molecule has 3 N–H and O–H groups in total. The largest absolute Gasteiger partial charge is 0.335 e. The molecule has 6 heterocycles. The summed E-state index contributed by atoms with van der Waals surface area (Å²) in [6.07, 6.45) is 7.00. The third-order valence-electron chi connectivity index (χ3n) is 6.81. The van der Waals surface area contributed by atoms with Crippen LogP contribution in [0.25, 0.3) is 55.3 Å². The van der Waals surface area contributed by atoms with Gasteiger partial charge in [-0.15, -0.1) is 11.3 Å². The Hall–Kier alpha value is -5.55. The third-order valence-corrected chi connectivity index (χ3v) is 8.03. The Morgan fingerprint density at radius 1 is 0.976 bits per heavy atom. The minimum atomic E-state index is -0.126. The summed E-state index contributed by atoms with van der Waals surface area (Å²) in [5, 5.41) is 11.3. The van der Waals surface area contributed by atoms with Crippen molar-refractivity contribution in [1.82, 2.24) is 35.1 Å². The van der Waals surface area contributed by atoms with Crippen molar-refractivity contribution >= 4 is 50.8 Å². The first kappa shape index (κ1) is 25.4. The number of amides is 1. The topological polar surface area (TPSA) is 142 Å². The summed E-state index contributed by atoms with van der Waals surface area (Å²) in [5.41, 5.74) is 6.52. The van der Waals surface area contributed by atoms with Crippen LogP contribution in [-0.4, -0.2) is 46.8 Å². The molecule has 7 rings (SSSR count). The smallest absolute Gasteiger partial charge is 0.228 e. The normalized spacial score (nSPS) is 11.3. The molecular weight excluding hydrogens is 548 g/mol. The van der Waals surface area contributed by atoms with Gasteiger partial charge in [-0.3, -0.25) is 24.7 Å². The highest BCUT2D eigenvalue weighted by molar-refractivity contribution is 7.17. The van der Waals surface area contributed by atoms with E-state index in [1.807, 2.05) is 60.7 Å². The first-order valence-electron chi connectivity index (χ1n) is 13.1. The highest BCUT2D eigenvalue weighted by atomic mass is 32.1. The van der Waals surface area contributed by atoms with Gasteiger partial charge in [-0.25, -0.2) is 9.97 Å². The zero-order valence-electron chi connectivity index (χ0n) is 22.3. The van der Waals surface area contributed by atoms with Crippen LogP contribution >= 0.6 is 11.3 Å². The van der Waals surface area contributed by atoms with Crippen molar-refractivity contribution in [1.29, 1.82) is 0 Å². The third kappa shape index (κ3) is 4.82. The molecule has 204 valence electrons. The lowest BCUT2D eigenvalue weighted by Crippen LogP contribution is -2.14. The molecule has 7 aromatic rings. The molecule has 0 radical (unpaired) electrons. The summed E-state index contributed by atoms with van der Waals surface area (Å²) < 4.78 is 0. The number of H-pyrrole nitrogens is 2. The van der Waals surface area contributed by atoms with E-state index >= 15 is 0 Å². The number of aromatic nitrogens is 7. The van der Waals surface area contributed by atoms with Gasteiger partial charge in [-0.05, 0) is 42.8 Å². The molecule has 10 nitrogen and oxygen atoms in total. The fraction of sp³-hybridized carbons (Fsp3) is 0.0645. The second-order valence-electron chi connectivity index (χ2n) is 9.72. The predicted molar refractivity (Wildman–Crippen MR) is 162 cm³/mol. The number of aromatic amines is 2. The number of thiophene rings is 1. The zero-order chi connectivity index (χ0) is 28.6. The number of nitrogens with zero attached hydrogens (tertiary/aromatic N) is 5. The number of Topliss-reactive ketones (excluding diaryl/α,β-unsaturated/α-hetero) is 1. The van der Waals surface area contributed by atoms with Gasteiger partial charge in [0.05, 0.1) is 46.1 Å². The van der Waals surface area contributed by atoms with Crippen LogP contribution in [0.2, 0.25) is 0 Å². The Kier molecular flexibility index (Phi) is 6.32. The number of fused-ring (bicyclic) bond motifs is 2. The number of hydrogen-bond acceptors (Lipinski definition) is 8. The van der Waals surface area contributed by atoms with E-state index in [0.29, 0.717) is 33.4 Å². The molecule has 0 bridgehead atoms. The van der Waals surface area contributed by atoms with Crippen LogP contribution in [0.4, 0.5) is 5.69 Å². The van der Waals surface area contributed by atoms with Gasteiger partial charge in [0.2, 0.25) is 5.91 Å². The van der Waals surface area contributed by atoms with Crippen molar-refractivity contribution < 1.29 is 9.59 Å². The minimum Gasteiger partial charge on any atom is -0.335 e. The standard InChI is InChI=1S/C31H22N8O2S/c1-17(40)25-7-8-26(42-25)21-9-10-33-30-28(21)36-31(37-30)29-22-13-23(34-16-24(22)38-39-29)19-12-20(15-32-14-19)35-27(41)11-18-5-3-2-4-6-18/h2-10,12-16H,11H2,1H3,(H,35,41)(H,38,39)(H,33,36,37). The molecule has 0 spiro atoms. The number of hydrogen-bond donors (Lipinski definition) is 3. The van der Waals surface area contributed by atoms with Crippen LogP contribution in [0.1, 0.15) is 22.2 Å². The van der Waals surface area contributed by atoms with Gasteiger partial charge in [0.25, 0.3) is 0 Å². The van der Waals surface area contributed by atoms with Crippen molar-refractivity contribution in [2.24, 2.45) is 0 Å². The first-order valence-corrected chi connectivity index (χ1v) is 13.9. The van der Waals surface area contributed by atoms with Crippen LogP contribution in [0.3, 0.4) is 0 Å². The van der Waals surface area contributed by atoms with Gasteiger partial charge in [-0.1, -0.05) is 30.3 Å². The van der Waals surface area contributed by atoms with Gasteiger partial charge >= 0.3 is 0 Å². The molecule has 0 aliphatic rings. The summed E-state index contributed by atoms with van der Waals surface area (Å²) in [5.74, 6) is 0.458. The van der Waals surface area contributed by atoms with Crippen molar-refractivity contribution in [2.45, 2.75) is 13.3 Å². The Labute approximate surface area is 242 Å². The zero-order valence-corrected chi connectivity index (χ0v) is 23.1. The van der Waals surface area contributed by atoms with Crippen molar-refractivity contribution in [3.63, 3.8) is 0 Å². The van der Waals surface area contributed by atoms with Crippen LogP contribution in [-0.2, 0) is 11.2 Å². The molecule has 0 unspecified atom stereocenters. The summed E-state index contributed by atoms with van der Waals surface area (Å²) in [6, 6.07) is 19.0. The second-order valence-corrected chi connectivity index (χ2v) is 10.8. The van der Waals surface area contributed by atoms with Crippen molar-refractivity contribution in [3.8, 4) is 33.2 Å². The molecule has 0 aliphatic carbocycles. The molecule has 1 amide bonds. The number of carbonyl (C=O) groups excluding carboxylic acids is 2. The van der Waals surface area contributed by atoms with E-state index in [1.54, 1.807) is 31.7 Å². The maximum atomic E-state index is 12.6. The van der Waals surface area contributed by atoms with E-state index in [0.717, 1.165) is 38.0 Å². The Morgan fingerprint density at radius 2 is 1.86 bits per heavy atom. The highest BCUT2D eigenvalue weighted by Gasteiger charge is 2.18. The molecule has 6 aromatic heterocycles. The van der Waals surface area contributed by atoms with Crippen LogP contribution < -0.4 is 5.32 Å². The van der Waals surface area contributed by atoms with Gasteiger partial charge in [-0.2, -0.15) is 5.10 Å². The number of pyridine rings is 3. The molecule has 0 saturated carbocycles. The molecule has 42 heavy (non-hydrogen) atoms. The predicted octanol–water partition coefficient (Wildman–Crippen LogP) is 6.07. The van der Waals surface area contributed by atoms with Crippen molar-refractivity contribution in [2.75, 3.05) is 5.32 Å². The molecule has 1 aromatic carbocycles. The van der Waals surface area contributed by atoms with Crippen molar-refractivity contribution in [3.05, 3.63) is 95.9 Å². The monoisotopic (exact) mass is 570 g/mol. The highest BCUT2D eigenvalue weighted by Crippen LogP contribution is 2.35. The lowest BCUT2D eigenvalue weighted by molar-refractivity contribution is -0.115. The van der Waals surface area contributed by atoms with Crippen LogP contribution in [0.5, 0.6) is 0 Å². The number of ketones is 1. The Balaban J connectivity index is 1.21. The number of carbonyl (C=O) groups is 2. The number of anilines is 1.